The van der Waals surface area contributed by atoms with Gasteiger partial charge in [0.1, 0.15) is 40.1 Å². The van der Waals surface area contributed by atoms with Crippen molar-refractivity contribution in [2.45, 2.75) is 20.8 Å². The zero-order chi connectivity index (χ0) is 20.4. The van der Waals surface area contributed by atoms with Crippen molar-refractivity contribution >= 4 is 5.97 Å². The lowest BCUT2D eigenvalue weighted by atomic mass is 10.1. The van der Waals surface area contributed by atoms with Crippen molar-refractivity contribution in [1.29, 1.82) is 0 Å². The van der Waals surface area contributed by atoms with Gasteiger partial charge in [-0.15, -0.1) is 0 Å². The van der Waals surface area contributed by atoms with E-state index < -0.39 is 5.97 Å². The second kappa shape index (κ2) is 7.52. The monoisotopic (exact) mass is 380 g/mol. The topological polar surface area (TPSA) is 96.2 Å². The summed E-state index contributed by atoms with van der Waals surface area (Å²) in [6.07, 6.45) is 0. The molecular weight excluding hydrogens is 360 g/mol. The van der Waals surface area contributed by atoms with Crippen molar-refractivity contribution in [3.8, 4) is 34.5 Å². The molecule has 0 amide bonds. The number of esters is 1. The second-order valence-electron chi connectivity index (χ2n) is 6.63. The average Bonchev–Trinajstić information content (AvgIpc) is 2.51. The van der Waals surface area contributed by atoms with Gasteiger partial charge in [0.05, 0.1) is 0 Å². The fourth-order valence-electron chi connectivity index (χ4n) is 2.93. The highest BCUT2D eigenvalue weighted by Gasteiger charge is 2.18. The predicted molar refractivity (Wildman–Crippen MR) is 104 cm³/mol. The minimum atomic E-state index is -0.750. The number of carbonyl (C=O) groups is 1. The van der Waals surface area contributed by atoms with Gasteiger partial charge in [-0.3, -0.25) is 0 Å². The van der Waals surface area contributed by atoms with E-state index in [1.807, 2.05) is 13.8 Å². The summed E-state index contributed by atoms with van der Waals surface area (Å²) in [7, 11) is 0. The van der Waals surface area contributed by atoms with Crippen LogP contribution in [0.3, 0.4) is 0 Å². The maximum atomic E-state index is 12.5. The molecule has 0 saturated heterocycles. The molecule has 144 valence electrons. The van der Waals surface area contributed by atoms with Crippen LogP contribution in [0.25, 0.3) is 0 Å². The number of phenols is 3. The third-order valence-corrected chi connectivity index (χ3v) is 4.01. The third-order valence-electron chi connectivity index (χ3n) is 4.01. The van der Waals surface area contributed by atoms with Crippen molar-refractivity contribution in [2.75, 3.05) is 0 Å². The Kier molecular flexibility index (Phi) is 5.13. The molecule has 3 aromatic carbocycles. The highest BCUT2D eigenvalue weighted by atomic mass is 16.5. The zero-order valence-electron chi connectivity index (χ0n) is 15.7. The van der Waals surface area contributed by atoms with E-state index in [-0.39, 0.29) is 28.6 Å². The van der Waals surface area contributed by atoms with E-state index in [1.54, 1.807) is 31.2 Å². The van der Waals surface area contributed by atoms with E-state index in [0.29, 0.717) is 17.1 Å². The molecule has 0 saturated carbocycles. The molecule has 0 heterocycles. The smallest absolute Gasteiger partial charge is 0.347 e. The normalized spacial score (nSPS) is 10.5. The molecule has 0 radical (unpaired) electrons. The van der Waals surface area contributed by atoms with Crippen LogP contribution >= 0.6 is 0 Å². The van der Waals surface area contributed by atoms with Crippen LogP contribution < -0.4 is 9.47 Å². The Morgan fingerprint density at radius 3 is 1.93 bits per heavy atom. The highest BCUT2D eigenvalue weighted by Crippen LogP contribution is 2.32. The molecular formula is C22H20O6. The molecule has 28 heavy (non-hydrogen) atoms. The van der Waals surface area contributed by atoms with Gasteiger partial charge in [0.15, 0.2) is 0 Å². The van der Waals surface area contributed by atoms with Crippen molar-refractivity contribution < 1.29 is 29.6 Å². The molecule has 6 heteroatoms. The molecule has 0 fully saturated rings. The van der Waals surface area contributed by atoms with Gasteiger partial charge in [-0.2, -0.15) is 0 Å². The summed E-state index contributed by atoms with van der Waals surface area (Å²) < 4.78 is 11.2. The fraction of sp³-hybridized carbons (Fsp3) is 0.136. The fourth-order valence-corrected chi connectivity index (χ4v) is 2.93. The van der Waals surface area contributed by atoms with Crippen LogP contribution in [0.2, 0.25) is 0 Å². The van der Waals surface area contributed by atoms with Gasteiger partial charge in [0.25, 0.3) is 0 Å². The van der Waals surface area contributed by atoms with Crippen molar-refractivity contribution in [3.05, 3.63) is 70.8 Å². The van der Waals surface area contributed by atoms with E-state index in [9.17, 15) is 20.1 Å². The van der Waals surface area contributed by atoms with Gasteiger partial charge in [0.2, 0.25) is 0 Å². The standard InChI is InChI=1S/C22H20O6/c1-12-4-15(23)9-17(5-12)27-18-6-13(2)7-19(11-18)28-22(26)21-14(3)8-16(24)10-20(21)25/h4-11,23-25H,1-3H3. The van der Waals surface area contributed by atoms with E-state index >= 15 is 0 Å². The number of rotatable bonds is 4. The van der Waals surface area contributed by atoms with Crippen LogP contribution in [0, 0.1) is 20.8 Å². The maximum absolute atomic E-state index is 12.5. The van der Waals surface area contributed by atoms with Gasteiger partial charge < -0.3 is 24.8 Å². The van der Waals surface area contributed by atoms with E-state index in [1.165, 1.54) is 18.2 Å². The molecule has 0 aromatic heterocycles. The molecule has 0 spiro atoms. The van der Waals surface area contributed by atoms with Gasteiger partial charge in [-0.1, -0.05) is 0 Å². The van der Waals surface area contributed by atoms with Gasteiger partial charge in [-0.25, -0.2) is 4.79 Å². The molecule has 3 N–H and O–H groups in total. The Labute approximate surface area is 162 Å². The van der Waals surface area contributed by atoms with Crippen LogP contribution in [-0.2, 0) is 0 Å². The lowest BCUT2D eigenvalue weighted by molar-refractivity contribution is 0.0730. The SMILES string of the molecule is Cc1cc(O)cc(Oc2cc(C)cc(OC(=O)c3c(C)cc(O)cc3O)c2)c1. The number of hydrogen-bond acceptors (Lipinski definition) is 6. The first-order valence-electron chi connectivity index (χ1n) is 8.56. The van der Waals surface area contributed by atoms with Crippen LogP contribution in [0.4, 0.5) is 0 Å². The van der Waals surface area contributed by atoms with Crippen LogP contribution in [0.5, 0.6) is 34.5 Å². The summed E-state index contributed by atoms with van der Waals surface area (Å²) in [6.45, 7) is 5.24. The number of carbonyl (C=O) groups excluding carboxylic acids is 1. The molecule has 6 nitrogen and oxygen atoms in total. The number of hydrogen-bond donors (Lipinski definition) is 3. The predicted octanol–water partition coefficient (Wildman–Crippen LogP) is 4.74. The van der Waals surface area contributed by atoms with Gasteiger partial charge in [0, 0.05) is 18.2 Å². The Morgan fingerprint density at radius 2 is 1.29 bits per heavy atom. The molecule has 3 aromatic rings. The lowest BCUT2D eigenvalue weighted by Crippen LogP contribution is -2.10. The summed E-state index contributed by atoms with van der Waals surface area (Å²) in [5.41, 5.74) is 2.00. The molecule has 3 rings (SSSR count). The minimum Gasteiger partial charge on any atom is -0.508 e. The summed E-state index contributed by atoms with van der Waals surface area (Å²) in [4.78, 5) is 12.5. The summed E-state index contributed by atoms with van der Waals surface area (Å²) in [5.74, 6) is -0.0380. The highest BCUT2D eigenvalue weighted by molar-refractivity contribution is 5.95. The molecule has 0 bridgehead atoms. The Bertz CT molecular complexity index is 1010. The molecule has 0 atom stereocenters. The number of phenolic OH excluding ortho intramolecular Hbond substituents is 3. The minimum absolute atomic E-state index is 0.0228. The first-order valence-corrected chi connectivity index (χ1v) is 8.56. The average molecular weight is 380 g/mol. The summed E-state index contributed by atoms with van der Waals surface area (Å²) >= 11 is 0. The van der Waals surface area contributed by atoms with E-state index in [2.05, 4.69) is 0 Å². The number of aromatic hydroxyl groups is 3. The molecule has 0 unspecified atom stereocenters. The number of ether oxygens (including phenoxy) is 2. The zero-order valence-corrected chi connectivity index (χ0v) is 15.7. The van der Waals surface area contributed by atoms with Gasteiger partial charge >= 0.3 is 5.97 Å². The molecule has 0 aliphatic heterocycles. The summed E-state index contributed by atoms with van der Waals surface area (Å²) in [6, 6.07) is 12.3. The molecule has 0 aliphatic carbocycles. The lowest BCUT2D eigenvalue weighted by Gasteiger charge is -2.12. The van der Waals surface area contributed by atoms with Crippen LogP contribution in [-0.4, -0.2) is 21.3 Å². The Balaban J connectivity index is 1.86. The van der Waals surface area contributed by atoms with E-state index in [0.717, 1.165) is 17.2 Å². The third kappa shape index (κ3) is 4.35. The molecule has 0 aliphatic rings. The Morgan fingerprint density at radius 1 is 0.714 bits per heavy atom. The van der Waals surface area contributed by atoms with Crippen molar-refractivity contribution in [1.82, 2.24) is 0 Å². The first kappa shape index (κ1) is 19.1. The van der Waals surface area contributed by atoms with Gasteiger partial charge in [-0.05, 0) is 67.8 Å². The summed E-state index contributed by atoms with van der Waals surface area (Å²) in [5, 5.41) is 29.2. The maximum Gasteiger partial charge on any atom is 0.347 e. The van der Waals surface area contributed by atoms with Crippen molar-refractivity contribution in [2.24, 2.45) is 0 Å². The Hall–Kier alpha value is -3.67. The van der Waals surface area contributed by atoms with E-state index in [4.69, 9.17) is 9.47 Å². The number of aryl methyl sites for hydroxylation is 3. The van der Waals surface area contributed by atoms with Crippen molar-refractivity contribution in [3.63, 3.8) is 0 Å². The van der Waals surface area contributed by atoms with Crippen LogP contribution in [0.15, 0.2) is 48.5 Å². The van der Waals surface area contributed by atoms with Crippen LogP contribution in [0.1, 0.15) is 27.0 Å². The number of benzene rings is 3. The first-order chi connectivity index (χ1) is 13.2. The second-order valence-corrected chi connectivity index (χ2v) is 6.63. The quantitative estimate of drug-likeness (QED) is 0.447. The largest absolute Gasteiger partial charge is 0.508 e.